The van der Waals surface area contributed by atoms with Gasteiger partial charge < -0.3 is 14.8 Å². The maximum Gasteiger partial charge on any atom is 0.220 e. The van der Waals surface area contributed by atoms with Crippen molar-refractivity contribution in [1.29, 1.82) is 0 Å². The zero-order valence-electron chi connectivity index (χ0n) is 15.5. The molecule has 0 aromatic heterocycles. The standard InChI is InChI=1S/C21H27NO3/c1-15-5-6-16(2)20(13-15)25-12-11-22-21(23)10-8-18-7-9-19(24-4)17(3)14-18/h5-7,9,13-14H,8,10-12H2,1-4H3,(H,22,23). The molecule has 0 aliphatic heterocycles. The van der Waals surface area contributed by atoms with Gasteiger partial charge in [0.25, 0.3) is 0 Å². The quantitative estimate of drug-likeness (QED) is 0.744. The van der Waals surface area contributed by atoms with E-state index >= 15 is 0 Å². The molecule has 1 N–H and O–H groups in total. The first kappa shape index (κ1) is 18.8. The molecule has 0 saturated heterocycles. The Morgan fingerprint density at radius 2 is 1.80 bits per heavy atom. The number of ether oxygens (including phenoxy) is 2. The predicted molar refractivity (Wildman–Crippen MR) is 100 cm³/mol. The second-order valence-corrected chi connectivity index (χ2v) is 6.27. The first-order chi connectivity index (χ1) is 12.0. The number of benzene rings is 2. The number of nitrogens with one attached hydrogen (secondary N) is 1. The van der Waals surface area contributed by atoms with Gasteiger partial charge >= 0.3 is 0 Å². The van der Waals surface area contributed by atoms with Gasteiger partial charge in [0, 0.05) is 6.42 Å². The van der Waals surface area contributed by atoms with E-state index in [0.717, 1.165) is 28.2 Å². The van der Waals surface area contributed by atoms with Crippen molar-refractivity contribution < 1.29 is 14.3 Å². The molecule has 2 aromatic rings. The molecule has 0 saturated carbocycles. The lowest BCUT2D eigenvalue weighted by molar-refractivity contribution is -0.121. The van der Waals surface area contributed by atoms with Gasteiger partial charge in [-0.25, -0.2) is 0 Å². The first-order valence-electron chi connectivity index (χ1n) is 8.60. The van der Waals surface area contributed by atoms with Crippen molar-refractivity contribution >= 4 is 5.91 Å². The first-order valence-corrected chi connectivity index (χ1v) is 8.60. The average Bonchev–Trinajstić information content (AvgIpc) is 2.60. The molecule has 25 heavy (non-hydrogen) atoms. The maximum absolute atomic E-state index is 12.0. The summed E-state index contributed by atoms with van der Waals surface area (Å²) in [6.45, 7) is 7.04. The number of carbonyl (C=O) groups excluding carboxylic acids is 1. The molecule has 4 heteroatoms. The normalized spacial score (nSPS) is 10.4. The van der Waals surface area contributed by atoms with E-state index in [1.165, 1.54) is 5.56 Å². The van der Waals surface area contributed by atoms with E-state index in [1.807, 2.05) is 45.0 Å². The van der Waals surface area contributed by atoms with Crippen LogP contribution in [0.15, 0.2) is 36.4 Å². The summed E-state index contributed by atoms with van der Waals surface area (Å²) in [4.78, 5) is 12.0. The largest absolute Gasteiger partial charge is 0.496 e. The second kappa shape index (κ2) is 9.11. The van der Waals surface area contributed by atoms with E-state index in [9.17, 15) is 4.79 Å². The Hall–Kier alpha value is -2.49. The fourth-order valence-corrected chi connectivity index (χ4v) is 2.66. The summed E-state index contributed by atoms with van der Waals surface area (Å²) < 4.78 is 11.0. The molecule has 0 heterocycles. The number of amides is 1. The highest BCUT2D eigenvalue weighted by Crippen LogP contribution is 2.20. The summed E-state index contributed by atoms with van der Waals surface area (Å²) >= 11 is 0. The highest BCUT2D eigenvalue weighted by molar-refractivity contribution is 5.76. The fraction of sp³-hybridized carbons (Fsp3) is 0.381. The number of methoxy groups -OCH3 is 1. The molecule has 0 aliphatic carbocycles. The molecular weight excluding hydrogens is 314 g/mol. The summed E-state index contributed by atoms with van der Waals surface area (Å²) in [6.07, 6.45) is 1.18. The Morgan fingerprint density at radius 3 is 2.52 bits per heavy atom. The van der Waals surface area contributed by atoms with E-state index in [0.29, 0.717) is 26.0 Å². The van der Waals surface area contributed by atoms with Gasteiger partial charge in [0.15, 0.2) is 0 Å². The Labute approximate surface area is 150 Å². The van der Waals surface area contributed by atoms with Crippen LogP contribution in [0.4, 0.5) is 0 Å². The van der Waals surface area contributed by atoms with E-state index in [1.54, 1.807) is 7.11 Å². The van der Waals surface area contributed by atoms with Crippen LogP contribution in [-0.4, -0.2) is 26.2 Å². The van der Waals surface area contributed by atoms with Gasteiger partial charge in [-0.1, -0.05) is 24.3 Å². The van der Waals surface area contributed by atoms with Crippen molar-refractivity contribution in [2.75, 3.05) is 20.3 Å². The molecule has 4 nitrogen and oxygen atoms in total. The molecule has 0 bridgehead atoms. The van der Waals surface area contributed by atoms with Crippen LogP contribution in [0.1, 0.15) is 28.7 Å². The third kappa shape index (κ3) is 5.82. The molecule has 0 spiro atoms. The molecule has 2 rings (SSSR count). The highest BCUT2D eigenvalue weighted by Gasteiger charge is 2.05. The zero-order valence-corrected chi connectivity index (χ0v) is 15.5. The van der Waals surface area contributed by atoms with Gasteiger partial charge in [0.2, 0.25) is 5.91 Å². The summed E-state index contributed by atoms with van der Waals surface area (Å²) in [6, 6.07) is 12.1. The third-order valence-electron chi connectivity index (χ3n) is 4.13. The lowest BCUT2D eigenvalue weighted by Gasteiger charge is -2.11. The lowest BCUT2D eigenvalue weighted by atomic mass is 10.1. The van der Waals surface area contributed by atoms with Crippen LogP contribution in [0.3, 0.4) is 0 Å². The molecule has 0 fully saturated rings. The number of aryl methyl sites for hydroxylation is 4. The molecular formula is C21H27NO3. The smallest absolute Gasteiger partial charge is 0.220 e. The Bertz CT molecular complexity index is 725. The SMILES string of the molecule is COc1ccc(CCC(=O)NCCOc2cc(C)ccc2C)cc1C. The van der Waals surface area contributed by atoms with Gasteiger partial charge in [0.05, 0.1) is 13.7 Å². The van der Waals surface area contributed by atoms with Gasteiger partial charge in [-0.05, 0) is 61.6 Å². The van der Waals surface area contributed by atoms with Crippen LogP contribution >= 0.6 is 0 Å². The minimum atomic E-state index is 0.0398. The minimum absolute atomic E-state index is 0.0398. The average molecular weight is 341 g/mol. The van der Waals surface area contributed by atoms with E-state index in [-0.39, 0.29) is 5.91 Å². The van der Waals surface area contributed by atoms with Crippen molar-refractivity contribution in [3.63, 3.8) is 0 Å². The van der Waals surface area contributed by atoms with Crippen molar-refractivity contribution in [2.45, 2.75) is 33.6 Å². The maximum atomic E-state index is 12.0. The molecule has 0 atom stereocenters. The number of hydrogen-bond acceptors (Lipinski definition) is 3. The fourth-order valence-electron chi connectivity index (χ4n) is 2.66. The van der Waals surface area contributed by atoms with Crippen LogP contribution in [0, 0.1) is 20.8 Å². The van der Waals surface area contributed by atoms with E-state index in [2.05, 4.69) is 17.4 Å². The summed E-state index contributed by atoms with van der Waals surface area (Å²) in [5.41, 5.74) is 4.49. The predicted octanol–water partition coefficient (Wildman–Crippen LogP) is 3.75. The molecule has 134 valence electrons. The molecule has 1 amide bonds. The van der Waals surface area contributed by atoms with Crippen molar-refractivity contribution in [1.82, 2.24) is 5.32 Å². The van der Waals surface area contributed by atoms with Crippen LogP contribution in [0.2, 0.25) is 0 Å². The number of carbonyl (C=O) groups is 1. The number of hydrogen-bond donors (Lipinski definition) is 1. The summed E-state index contributed by atoms with van der Waals surface area (Å²) in [7, 11) is 1.66. The van der Waals surface area contributed by atoms with Gasteiger partial charge in [-0.3, -0.25) is 4.79 Å². The molecule has 0 unspecified atom stereocenters. The minimum Gasteiger partial charge on any atom is -0.496 e. The second-order valence-electron chi connectivity index (χ2n) is 6.27. The Balaban J connectivity index is 1.70. The zero-order chi connectivity index (χ0) is 18.2. The van der Waals surface area contributed by atoms with E-state index in [4.69, 9.17) is 9.47 Å². The summed E-state index contributed by atoms with van der Waals surface area (Å²) in [5.74, 6) is 1.79. The molecule has 0 radical (unpaired) electrons. The van der Waals surface area contributed by atoms with Crippen LogP contribution in [0.5, 0.6) is 11.5 Å². The van der Waals surface area contributed by atoms with Gasteiger partial charge in [-0.15, -0.1) is 0 Å². The topological polar surface area (TPSA) is 47.6 Å². The molecule has 2 aromatic carbocycles. The van der Waals surface area contributed by atoms with Gasteiger partial charge in [0.1, 0.15) is 18.1 Å². The summed E-state index contributed by atoms with van der Waals surface area (Å²) in [5, 5.41) is 2.91. The van der Waals surface area contributed by atoms with Gasteiger partial charge in [-0.2, -0.15) is 0 Å². The van der Waals surface area contributed by atoms with Crippen LogP contribution < -0.4 is 14.8 Å². The van der Waals surface area contributed by atoms with Crippen LogP contribution in [0.25, 0.3) is 0 Å². The Morgan fingerprint density at radius 1 is 1.00 bits per heavy atom. The number of rotatable bonds is 8. The monoisotopic (exact) mass is 341 g/mol. The van der Waals surface area contributed by atoms with E-state index < -0.39 is 0 Å². The van der Waals surface area contributed by atoms with Crippen molar-refractivity contribution in [2.24, 2.45) is 0 Å². The van der Waals surface area contributed by atoms with Crippen molar-refractivity contribution in [3.05, 3.63) is 58.7 Å². The van der Waals surface area contributed by atoms with Crippen molar-refractivity contribution in [3.8, 4) is 11.5 Å². The Kier molecular flexibility index (Phi) is 6.87. The lowest BCUT2D eigenvalue weighted by Crippen LogP contribution is -2.28. The molecule has 0 aliphatic rings. The third-order valence-corrected chi connectivity index (χ3v) is 4.13. The highest BCUT2D eigenvalue weighted by atomic mass is 16.5. The van der Waals surface area contributed by atoms with Crippen LogP contribution in [-0.2, 0) is 11.2 Å².